The molecule has 0 heterocycles. The second-order valence-electron chi connectivity index (χ2n) is 3.06. The average molecular weight is 226 g/mol. The molecule has 0 aliphatic carbocycles. The van der Waals surface area contributed by atoms with Gasteiger partial charge in [0, 0.05) is 6.42 Å². The smallest absolute Gasteiger partial charge is 0.326 e. The van der Waals surface area contributed by atoms with Crippen LogP contribution in [0.5, 0.6) is 0 Å². The molecule has 0 saturated heterocycles. The number of aliphatic carboxylic acids is 2. The number of nitrogens with two attached hydrogens (primary N) is 2. The Morgan fingerprint density at radius 1 is 1.20 bits per heavy atom. The van der Waals surface area contributed by atoms with E-state index in [1.54, 1.807) is 0 Å². The molecule has 15 heavy (non-hydrogen) atoms. The largest absolute Gasteiger partial charge is 0.480 e. The third-order valence-electron chi connectivity index (χ3n) is 1.83. The van der Waals surface area contributed by atoms with Crippen molar-refractivity contribution in [1.29, 1.82) is 0 Å². The van der Waals surface area contributed by atoms with E-state index in [1.165, 1.54) is 0 Å². The first-order chi connectivity index (χ1) is 6.68. The monoisotopic (exact) mass is 226 g/mol. The van der Waals surface area contributed by atoms with Crippen molar-refractivity contribution in [2.75, 3.05) is 0 Å². The maximum absolute atomic E-state index is 12.9. The minimum atomic E-state index is -3.67. The van der Waals surface area contributed by atoms with Crippen LogP contribution in [0.4, 0.5) is 8.78 Å². The van der Waals surface area contributed by atoms with Crippen LogP contribution < -0.4 is 11.5 Å². The van der Waals surface area contributed by atoms with E-state index in [0.717, 1.165) is 0 Å². The lowest BCUT2D eigenvalue weighted by Crippen LogP contribution is -2.48. The third kappa shape index (κ3) is 4.17. The summed E-state index contributed by atoms with van der Waals surface area (Å²) in [5.74, 6) is -6.93. The molecular weight excluding hydrogens is 214 g/mol. The predicted octanol–water partition coefficient (Wildman–Crippen LogP) is -0.774. The number of rotatable bonds is 6. The van der Waals surface area contributed by atoms with Crippen LogP contribution in [0.2, 0.25) is 0 Å². The van der Waals surface area contributed by atoms with E-state index in [1.807, 2.05) is 0 Å². The Morgan fingerprint density at radius 2 is 1.67 bits per heavy atom. The highest BCUT2D eigenvalue weighted by molar-refractivity contribution is 5.74. The van der Waals surface area contributed by atoms with E-state index in [0.29, 0.717) is 0 Å². The molecule has 0 bridgehead atoms. The highest BCUT2D eigenvalue weighted by atomic mass is 19.3. The van der Waals surface area contributed by atoms with E-state index in [2.05, 4.69) is 0 Å². The number of carbonyl (C=O) groups is 2. The molecule has 0 aromatic heterocycles. The fourth-order valence-corrected chi connectivity index (χ4v) is 0.808. The minimum Gasteiger partial charge on any atom is -0.480 e. The second-order valence-corrected chi connectivity index (χ2v) is 3.06. The molecule has 0 aliphatic rings. The van der Waals surface area contributed by atoms with Gasteiger partial charge < -0.3 is 21.7 Å². The molecule has 0 fully saturated rings. The van der Waals surface area contributed by atoms with Crippen molar-refractivity contribution in [3.63, 3.8) is 0 Å². The molecule has 0 spiro atoms. The van der Waals surface area contributed by atoms with Gasteiger partial charge in [-0.2, -0.15) is 0 Å². The van der Waals surface area contributed by atoms with Crippen molar-refractivity contribution in [1.82, 2.24) is 0 Å². The van der Waals surface area contributed by atoms with Crippen molar-refractivity contribution >= 4 is 11.9 Å². The molecule has 0 rings (SSSR count). The molecule has 0 aromatic rings. The SMILES string of the molecule is NC(CCC(F)(F)C(N)C(=O)O)C(=O)O. The lowest BCUT2D eigenvalue weighted by atomic mass is 10.0. The maximum atomic E-state index is 12.9. The number of hydrogen-bond donors (Lipinski definition) is 4. The van der Waals surface area contributed by atoms with E-state index >= 15 is 0 Å². The number of alkyl halides is 2. The molecule has 8 heteroatoms. The summed E-state index contributed by atoms with van der Waals surface area (Å²) in [6, 6.07) is -3.80. The van der Waals surface area contributed by atoms with Crippen LogP contribution in [-0.4, -0.2) is 40.2 Å². The summed E-state index contributed by atoms with van der Waals surface area (Å²) < 4.78 is 25.9. The second kappa shape index (κ2) is 4.99. The summed E-state index contributed by atoms with van der Waals surface area (Å²) in [5.41, 5.74) is 9.70. The van der Waals surface area contributed by atoms with Crippen molar-refractivity contribution in [3.05, 3.63) is 0 Å². The molecule has 0 radical (unpaired) electrons. The molecule has 6 nitrogen and oxygen atoms in total. The standard InChI is InChI=1S/C7H12F2N2O4/c8-7(9,4(11)6(14)15)2-1-3(10)5(12)13/h3-4H,1-2,10-11H2,(H,12,13)(H,14,15). The van der Waals surface area contributed by atoms with Gasteiger partial charge in [0.2, 0.25) is 0 Å². The van der Waals surface area contributed by atoms with E-state index in [4.69, 9.17) is 21.7 Å². The lowest BCUT2D eigenvalue weighted by Gasteiger charge is -2.20. The molecule has 6 N–H and O–H groups in total. The Kier molecular flexibility index (Phi) is 4.56. The lowest BCUT2D eigenvalue weighted by molar-refractivity contribution is -0.149. The van der Waals surface area contributed by atoms with Crippen LogP contribution in [0, 0.1) is 0 Å². The fraction of sp³-hybridized carbons (Fsp3) is 0.714. The molecule has 0 aliphatic heterocycles. The van der Waals surface area contributed by atoms with E-state index in [-0.39, 0.29) is 0 Å². The van der Waals surface area contributed by atoms with Gasteiger partial charge in [-0.3, -0.25) is 9.59 Å². The number of carboxylic acids is 2. The van der Waals surface area contributed by atoms with Crippen molar-refractivity contribution in [2.45, 2.75) is 30.8 Å². The molecule has 0 aromatic carbocycles. The Morgan fingerprint density at radius 3 is 2.00 bits per heavy atom. The third-order valence-corrected chi connectivity index (χ3v) is 1.83. The molecule has 2 atom stereocenters. The number of halogens is 2. The molecule has 2 unspecified atom stereocenters. The van der Waals surface area contributed by atoms with Gasteiger partial charge in [-0.15, -0.1) is 0 Å². The van der Waals surface area contributed by atoms with Gasteiger partial charge in [-0.25, -0.2) is 8.78 Å². The summed E-state index contributed by atoms with van der Waals surface area (Å²) in [7, 11) is 0. The Bertz CT molecular complexity index is 259. The molecule has 88 valence electrons. The number of hydrogen-bond acceptors (Lipinski definition) is 4. The maximum Gasteiger partial charge on any atom is 0.326 e. The van der Waals surface area contributed by atoms with Gasteiger partial charge in [0.1, 0.15) is 6.04 Å². The molecule has 0 saturated carbocycles. The van der Waals surface area contributed by atoms with Crippen molar-refractivity contribution < 1.29 is 28.6 Å². The van der Waals surface area contributed by atoms with Crippen LogP contribution in [0.25, 0.3) is 0 Å². The Hall–Kier alpha value is -1.28. The first kappa shape index (κ1) is 13.7. The first-order valence-electron chi connectivity index (χ1n) is 4.03. The molecular formula is C7H12F2N2O4. The van der Waals surface area contributed by atoms with E-state index < -0.39 is 42.8 Å². The van der Waals surface area contributed by atoms with Crippen molar-refractivity contribution in [2.24, 2.45) is 11.5 Å². The quantitative estimate of drug-likeness (QED) is 0.470. The van der Waals surface area contributed by atoms with Gasteiger partial charge in [-0.05, 0) is 6.42 Å². The zero-order valence-corrected chi connectivity index (χ0v) is 7.69. The van der Waals surface area contributed by atoms with Crippen LogP contribution in [0.3, 0.4) is 0 Å². The van der Waals surface area contributed by atoms with Gasteiger partial charge in [-0.1, -0.05) is 0 Å². The summed E-state index contributed by atoms with van der Waals surface area (Å²) in [5, 5.41) is 16.5. The molecule has 0 amide bonds. The van der Waals surface area contributed by atoms with E-state index in [9.17, 15) is 18.4 Å². The minimum absolute atomic E-state index is 0.538. The van der Waals surface area contributed by atoms with Crippen molar-refractivity contribution in [3.8, 4) is 0 Å². The van der Waals surface area contributed by atoms with Crippen LogP contribution in [-0.2, 0) is 9.59 Å². The van der Waals surface area contributed by atoms with Crippen LogP contribution >= 0.6 is 0 Å². The Balaban J connectivity index is 4.26. The van der Waals surface area contributed by atoms with Crippen LogP contribution in [0.15, 0.2) is 0 Å². The van der Waals surface area contributed by atoms with Crippen LogP contribution in [0.1, 0.15) is 12.8 Å². The Labute approximate surface area is 83.9 Å². The average Bonchev–Trinajstić information content (AvgIpc) is 2.12. The zero-order chi connectivity index (χ0) is 12.2. The van der Waals surface area contributed by atoms with Gasteiger partial charge in [0.05, 0.1) is 0 Å². The first-order valence-corrected chi connectivity index (χ1v) is 4.03. The summed E-state index contributed by atoms with van der Waals surface area (Å²) in [6.45, 7) is 0. The normalized spacial score (nSPS) is 15.7. The summed E-state index contributed by atoms with van der Waals surface area (Å²) in [6.07, 6.45) is -1.52. The highest BCUT2D eigenvalue weighted by Gasteiger charge is 2.42. The summed E-state index contributed by atoms with van der Waals surface area (Å²) in [4.78, 5) is 20.4. The van der Waals surface area contributed by atoms with Gasteiger partial charge in [0.25, 0.3) is 5.92 Å². The summed E-state index contributed by atoms with van der Waals surface area (Å²) >= 11 is 0. The highest BCUT2D eigenvalue weighted by Crippen LogP contribution is 2.24. The topological polar surface area (TPSA) is 127 Å². The van der Waals surface area contributed by atoms with Gasteiger partial charge >= 0.3 is 11.9 Å². The van der Waals surface area contributed by atoms with Gasteiger partial charge in [0.15, 0.2) is 6.04 Å². The fourth-order valence-electron chi connectivity index (χ4n) is 0.808. The number of carboxylic acid groups (broad SMARTS) is 2. The zero-order valence-electron chi connectivity index (χ0n) is 7.69. The predicted molar refractivity (Wildman–Crippen MR) is 45.4 cm³/mol.